The van der Waals surface area contributed by atoms with Crippen molar-refractivity contribution in [3.8, 4) is 0 Å². The number of ether oxygens (including phenoxy) is 2. The fraction of sp³-hybridized carbons (Fsp3) is 0.721. The zero-order valence-corrected chi connectivity index (χ0v) is 34.4. The van der Waals surface area contributed by atoms with Crippen LogP contribution < -0.4 is 5.73 Å². The molecule has 10 heteroatoms. The van der Waals surface area contributed by atoms with Gasteiger partial charge in [-0.2, -0.15) is 0 Å². The average Bonchev–Trinajstić information content (AvgIpc) is 3.14. The fourth-order valence-corrected chi connectivity index (χ4v) is 6.02. The van der Waals surface area contributed by atoms with Gasteiger partial charge in [-0.25, -0.2) is 4.57 Å². The molecule has 3 N–H and O–H groups in total. The lowest BCUT2D eigenvalue weighted by atomic mass is 10.1. The van der Waals surface area contributed by atoms with E-state index in [-0.39, 0.29) is 32.6 Å². The molecule has 0 radical (unpaired) electrons. The van der Waals surface area contributed by atoms with Crippen molar-refractivity contribution in [2.75, 3.05) is 26.4 Å². The van der Waals surface area contributed by atoms with E-state index in [0.717, 1.165) is 77.0 Å². The first-order valence-corrected chi connectivity index (χ1v) is 22.3. The summed E-state index contributed by atoms with van der Waals surface area (Å²) in [6.45, 7) is 3.62. The third kappa shape index (κ3) is 39.2. The molecule has 0 bridgehead atoms. The van der Waals surface area contributed by atoms with Gasteiger partial charge in [0.15, 0.2) is 6.10 Å². The van der Waals surface area contributed by atoms with Gasteiger partial charge in [0.25, 0.3) is 0 Å². The number of nitrogens with two attached hydrogens (primary N) is 1. The number of carbonyl (C=O) groups is 2. The summed E-state index contributed by atoms with van der Waals surface area (Å²) in [6, 6.07) is 0. The molecule has 0 aromatic rings. The molecular formula is C43H76NO8P. The van der Waals surface area contributed by atoms with E-state index in [1.54, 1.807) is 0 Å². The van der Waals surface area contributed by atoms with Crippen molar-refractivity contribution >= 4 is 19.8 Å². The van der Waals surface area contributed by atoms with Crippen LogP contribution in [0, 0.1) is 0 Å². The number of phosphoric acid groups is 1. The number of allylic oxidation sites excluding steroid dienone is 10. The molecule has 0 saturated carbocycles. The minimum atomic E-state index is -4.39. The summed E-state index contributed by atoms with van der Waals surface area (Å²) < 4.78 is 32.7. The molecule has 0 amide bonds. The molecule has 0 saturated heterocycles. The predicted molar refractivity (Wildman–Crippen MR) is 219 cm³/mol. The van der Waals surface area contributed by atoms with Gasteiger partial charge >= 0.3 is 19.8 Å². The summed E-state index contributed by atoms with van der Waals surface area (Å²) in [5, 5.41) is 0. The van der Waals surface area contributed by atoms with E-state index in [2.05, 4.69) is 74.6 Å². The Bertz CT molecular complexity index is 1050. The lowest BCUT2D eigenvalue weighted by Crippen LogP contribution is -2.29. The second-order valence-corrected chi connectivity index (χ2v) is 14.9. The van der Waals surface area contributed by atoms with Crippen LogP contribution in [0.2, 0.25) is 0 Å². The van der Waals surface area contributed by atoms with Crippen LogP contribution in [0.1, 0.15) is 168 Å². The highest BCUT2D eigenvalue weighted by molar-refractivity contribution is 7.47. The molecule has 0 spiro atoms. The lowest BCUT2D eigenvalue weighted by molar-refractivity contribution is -0.161. The highest BCUT2D eigenvalue weighted by atomic mass is 31.2. The first-order valence-electron chi connectivity index (χ1n) is 20.8. The second-order valence-electron chi connectivity index (χ2n) is 13.5. The van der Waals surface area contributed by atoms with Crippen molar-refractivity contribution in [3.63, 3.8) is 0 Å². The van der Waals surface area contributed by atoms with Crippen molar-refractivity contribution in [3.05, 3.63) is 60.8 Å². The van der Waals surface area contributed by atoms with Crippen LogP contribution in [0.15, 0.2) is 60.8 Å². The second kappa shape index (κ2) is 39.4. The maximum Gasteiger partial charge on any atom is 0.472 e. The smallest absolute Gasteiger partial charge is 0.462 e. The van der Waals surface area contributed by atoms with Gasteiger partial charge in [-0.15, -0.1) is 0 Å². The van der Waals surface area contributed by atoms with Crippen LogP contribution >= 0.6 is 7.82 Å². The van der Waals surface area contributed by atoms with E-state index in [1.807, 2.05) is 0 Å². The number of hydrogen-bond donors (Lipinski definition) is 2. The number of rotatable bonds is 38. The number of carbonyl (C=O) groups excluding carboxylic acids is 2. The first kappa shape index (κ1) is 50.7. The monoisotopic (exact) mass is 766 g/mol. The maximum absolute atomic E-state index is 12.5. The Morgan fingerprint density at radius 2 is 0.981 bits per heavy atom. The third-order valence-corrected chi connectivity index (χ3v) is 9.36. The van der Waals surface area contributed by atoms with Crippen LogP contribution in [0.4, 0.5) is 0 Å². The van der Waals surface area contributed by atoms with E-state index in [1.165, 1.54) is 51.4 Å². The maximum atomic E-state index is 12.5. The topological polar surface area (TPSA) is 134 Å². The molecule has 306 valence electrons. The van der Waals surface area contributed by atoms with Crippen molar-refractivity contribution in [1.29, 1.82) is 0 Å². The van der Waals surface area contributed by atoms with Gasteiger partial charge in [0.2, 0.25) is 0 Å². The molecule has 9 nitrogen and oxygen atoms in total. The van der Waals surface area contributed by atoms with Crippen LogP contribution in [-0.4, -0.2) is 49.3 Å². The SMILES string of the molecule is CCCCC/C=C\C/C=C\C/C=C\C/C=C\CCCCCC(=O)OC[C@H](COP(=O)(O)OCCN)OC(=O)CCCCCCC/C=C\CCCCCC. The van der Waals surface area contributed by atoms with Gasteiger partial charge in [-0.3, -0.25) is 18.6 Å². The minimum Gasteiger partial charge on any atom is -0.462 e. The van der Waals surface area contributed by atoms with E-state index >= 15 is 0 Å². The van der Waals surface area contributed by atoms with E-state index in [9.17, 15) is 19.0 Å². The lowest BCUT2D eigenvalue weighted by Gasteiger charge is -2.19. The summed E-state index contributed by atoms with van der Waals surface area (Å²) in [5.74, 6) is -0.880. The number of hydrogen-bond acceptors (Lipinski definition) is 8. The van der Waals surface area contributed by atoms with Crippen LogP contribution in [0.5, 0.6) is 0 Å². The molecular weight excluding hydrogens is 689 g/mol. The quantitative estimate of drug-likeness (QED) is 0.0272. The Hall–Kier alpha value is -2.29. The van der Waals surface area contributed by atoms with Crippen molar-refractivity contribution in [2.45, 2.75) is 174 Å². The number of phosphoric ester groups is 1. The minimum absolute atomic E-state index is 0.0450. The normalized spacial score (nSPS) is 14.0. The Labute approximate surface area is 323 Å². The van der Waals surface area contributed by atoms with Gasteiger partial charge in [-0.05, 0) is 83.5 Å². The molecule has 1 unspecified atom stereocenters. The van der Waals surface area contributed by atoms with Gasteiger partial charge in [0.05, 0.1) is 13.2 Å². The van der Waals surface area contributed by atoms with Crippen LogP contribution in [-0.2, 0) is 32.7 Å². The molecule has 0 rings (SSSR count). The zero-order valence-electron chi connectivity index (χ0n) is 33.5. The van der Waals surface area contributed by atoms with Crippen molar-refractivity contribution < 1.29 is 37.6 Å². The Kier molecular flexibility index (Phi) is 37.7. The van der Waals surface area contributed by atoms with Gasteiger partial charge < -0.3 is 20.1 Å². The third-order valence-electron chi connectivity index (χ3n) is 8.38. The fourth-order valence-electron chi connectivity index (χ4n) is 5.26. The Morgan fingerprint density at radius 3 is 1.53 bits per heavy atom. The van der Waals surface area contributed by atoms with Gasteiger partial charge in [-0.1, -0.05) is 132 Å². The Balaban J connectivity index is 4.26. The zero-order chi connectivity index (χ0) is 38.9. The molecule has 0 aromatic heterocycles. The molecule has 0 fully saturated rings. The van der Waals surface area contributed by atoms with Gasteiger partial charge in [0, 0.05) is 19.4 Å². The predicted octanol–water partition coefficient (Wildman–Crippen LogP) is 11.7. The molecule has 0 aliphatic carbocycles. The highest BCUT2D eigenvalue weighted by Gasteiger charge is 2.25. The first-order chi connectivity index (χ1) is 25.8. The molecule has 2 atom stereocenters. The molecule has 0 aromatic carbocycles. The molecule has 0 aliphatic rings. The van der Waals surface area contributed by atoms with Crippen LogP contribution in [0.3, 0.4) is 0 Å². The summed E-state index contributed by atoms with van der Waals surface area (Å²) in [4.78, 5) is 34.8. The summed E-state index contributed by atoms with van der Waals surface area (Å²) in [7, 11) is -4.39. The summed E-state index contributed by atoms with van der Waals surface area (Å²) in [5.41, 5.74) is 5.34. The Morgan fingerprint density at radius 1 is 0.566 bits per heavy atom. The molecule has 0 aliphatic heterocycles. The van der Waals surface area contributed by atoms with E-state index in [4.69, 9.17) is 24.3 Å². The summed E-state index contributed by atoms with van der Waals surface area (Å²) >= 11 is 0. The van der Waals surface area contributed by atoms with Gasteiger partial charge in [0.1, 0.15) is 6.61 Å². The molecule has 53 heavy (non-hydrogen) atoms. The number of esters is 2. The van der Waals surface area contributed by atoms with E-state index < -0.39 is 32.5 Å². The highest BCUT2D eigenvalue weighted by Crippen LogP contribution is 2.43. The average molecular weight is 766 g/mol. The number of unbranched alkanes of at least 4 members (excludes halogenated alkanes) is 15. The van der Waals surface area contributed by atoms with Crippen molar-refractivity contribution in [2.24, 2.45) is 5.73 Å². The summed E-state index contributed by atoms with van der Waals surface area (Å²) in [6.07, 6.45) is 45.3. The van der Waals surface area contributed by atoms with Crippen LogP contribution in [0.25, 0.3) is 0 Å². The standard InChI is InChI=1S/C43H76NO8P/c1-3-5-7-9-11-13-15-17-18-19-20-21-22-24-25-27-29-31-33-35-42(45)49-39-41(40-51-53(47,48)50-38-37-44)52-43(46)36-34-32-30-28-26-23-16-14-12-10-8-6-4-2/h11,13-14,16-18,20-21,24-25,41H,3-10,12,15,19,22-23,26-40,44H2,1-2H3,(H,47,48)/b13-11-,16-14-,18-17-,21-20-,25-24-/t41-/m1/s1. The largest absolute Gasteiger partial charge is 0.472 e. The van der Waals surface area contributed by atoms with E-state index in [0.29, 0.717) is 12.8 Å². The van der Waals surface area contributed by atoms with Crippen molar-refractivity contribution in [1.82, 2.24) is 0 Å². The molecule has 0 heterocycles.